The molecule has 0 fully saturated rings. The van der Waals surface area contributed by atoms with Crippen molar-refractivity contribution in [2.24, 2.45) is 4.99 Å². The number of aryl methyl sites for hydroxylation is 1. The number of fused-ring (bicyclic) bond motifs is 1. The van der Waals surface area contributed by atoms with Gasteiger partial charge in [-0.25, -0.2) is 18.8 Å². The van der Waals surface area contributed by atoms with E-state index in [4.69, 9.17) is 4.74 Å². The van der Waals surface area contributed by atoms with Gasteiger partial charge in [-0.2, -0.15) is 0 Å². The molecule has 1 aliphatic heterocycles. The molecule has 0 bridgehead atoms. The summed E-state index contributed by atoms with van der Waals surface area (Å²) in [7, 11) is 1.60. The van der Waals surface area contributed by atoms with Gasteiger partial charge in [0.25, 0.3) is 5.56 Å². The van der Waals surface area contributed by atoms with Gasteiger partial charge in [0.2, 0.25) is 0 Å². The summed E-state index contributed by atoms with van der Waals surface area (Å²) in [5, 5.41) is 0. The number of aromatic nitrogens is 3. The molecule has 0 amide bonds. The van der Waals surface area contributed by atoms with Gasteiger partial charge in [0, 0.05) is 30.4 Å². The number of ether oxygens (including phenoxy) is 1. The van der Waals surface area contributed by atoms with Gasteiger partial charge in [-0.05, 0) is 55.3 Å². The van der Waals surface area contributed by atoms with Crippen LogP contribution in [0.25, 0.3) is 5.69 Å². The summed E-state index contributed by atoms with van der Waals surface area (Å²) in [6.45, 7) is 3.64. The lowest BCUT2D eigenvalue weighted by Crippen LogP contribution is -2.23. The number of hydrogen-bond acceptors (Lipinski definition) is 4. The molecule has 1 aliphatic rings. The number of rotatable bonds is 5. The fourth-order valence-electron chi connectivity index (χ4n) is 4.27. The number of aliphatic imine (C=N–C) groups is 1. The number of imidazole rings is 1. The van der Waals surface area contributed by atoms with Crippen molar-refractivity contribution in [2.45, 2.75) is 26.3 Å². The quantitative estimate of drug-likeness (QED) is 0.425. The lowest BCUT2D eigenvalue weighted by molar-refractivity contribution is 0.413. The zero-order chi connectivity index (χ0) is 24.0. The van der Waals surface area contributed by atoms with Crippen LogP contribution < -0.4 is 10.3 Å². The van der Waals surface area contributed by atoms with Crippen molar-refractivity contribution in [3.63, 3.8) is 0 Å². The van der Waals surface area contributed by atoms with Crippen LogP contribution in [0.4, 0.5) is 14.5 Å². The molecule has 1 unspecified atom stereocenters. The summed E-state index contributed by atoms with van der Waals surface area (Å²) in [6, 6.07) is 10.3. The highest BCUT2D eigenvalue weighted by Crippen LogP contribution is 2.30. The van der Waals surface area contributed by atoms with Crippen LogP contribution in [0.2, 0.25) is 0 Å². The number of hydrogen-bond donors (Lipinski definition) is 0. The Bertz CT molecular complexity index is 1480. The Morgan fingerprint density at radius 3 is 2.53 bits per heavy atom. The Balaban J connectivity index is 1.50. The van der Waals surface area contributed by atoms with Gasteiger partial charge in [0.05, 0.1) is 36.6 Å². The second-order valence-corrected chi connectivity index (χ2v) is 8.32. The van der Waals surface area contributed by atoms with Crippen LogP contribution in [-0.2, 0) is 6.42 Å². The average molecular weight is 460 g/mol. The van der Waals surface area contributed by atoms with Crippen LogP contribution in [0.5, 0.6) is 5.75 Å². The minimum absolute atomic E-state index is 0.304. The second kappa shape index (κ2) is 8.37. The molecule has 0 saturated heterocycles. The summed E-state index contributed by atoms with van der Waals surface area (Å²) in [5.41, 5.74) is 4.56. The molecule has 34 heavy (non-hydrogen) atoms. The minimum atomic E-state index is -0.681. The number of pyridine rings is 1. The summed E-state index contributed by atoms with van der Waals surface area (Å²) < 4.78 is 36.3. The third-order valence-corrected chi connectivity index (χ3v) is 6.07. The molecular weight excluding hydrogens is 438 g/mol. The molecule has 8 heteroatoms. The monoisotopic (exact) mass is 460 g/mol. The number of benzene rings is 2. The van der Waals surface area contributed by atoms with Gasteiger partial charge in [-0.15, -0.1) is 0 Å². The van der Waals surface area contributed by atoms with Crippen LogP contribution in [0, 0.1) is 18.6 Å². The Morgan fingerprint density at radius 2 is 1.85 bits per heavy atom. The molecule has 5 rings (SSSR count). The summed E-state index contributed by atoms with van der Waals surface area (Å²) in [6.07, 6.45) is 5.79. The number of halogens is 2. The molecule has 0 spiro atoms. The molecule has 1 atom stereocenters. The van der Waals surface area contributed by atoms with Crippen LogP contribution >= 0.6 is 0 Å². The highest BCUT2D eigenvalue weighted by Gasteiger charge is 2.23. The largest absolute Gasteiger partial charge is 0.495 e. The van der Waals surface area contributed by atoms with Gasteiger partial charge in [-0.3, -0.25) is 4.79 Å². The minimum Gasteiger partial charge on any atom is -0.495 e. The molecule has 0 N–H and O–H groups in total. The van der Waals surface area contributed by atoms with Gasteiger partial charge in [-0.1, -0.05) is 6.07 Å². The highest BCUT2D eigenvalue weighted by molar-refractivity contribution is 6.06. The third kappa shape index (κ3) is 3.81. The van der Waals surface area contributed by atoms with E-state index in [9.17, 15) is 13.6 Å². The first-order valence-electron chi connectivity index (χ1n) is 10.8. The average Bonchev–Trinajstić information content (AvgIpc) is 3.45. The van der Waals surface area contributed by atoms with E-state index in [1.54, 1.807) is 26.6 Å². The van der Waals surface area contributed by atoms with Crippen molar-refractivity contribution in [2.75, 3.05) is 7.11 Å². The Kier molecular flexibility index (Phi) is 5.36. The molecule has 3 heterocycles. The molecule has 0 radical (unpaired) electrons. The van der Waals surface area contributed by atoms with Crippen molar-refractivity contribution in [1.82, 2.24) is 14.1 Å². The van der Waals surface area contributed by atoms with Crippen molar-refractivity contribution >= 4 is 11.4 Å². The lowest BCUT2D eigenvalue weighted by atomic mass is 10.0. The smallest absolute Gasteiger partial charge is 0.277 e. The maximum absolute atomic E-state index is 13.7. The summed E-state index contributed by atoms with van der Waals surface area (Å²) in [4.78, 5) is 22.1. The van der Waals surface area contributed by atoms with Gasteiger partial charge < -0.3 is 13.9 Å². The van der Waals surface area contributed by atoms with E-state index in [-0.39, 0.29) is 5.56 Å². The van der Waals surface area contributed by atoms with E-state index >= 15 is 0 Å². The van der Waals surface area contributed by atoms with Crippen molar-refractivity contribution < 1.29 is 13.5 Å². The van der Waals surface area contributed by atoms with Crippen LogP contribution in [-0.4, -0.2) is 26.9 Å². The van der Waals surface area contributed by atoms with E-state index in [2.05, 4.69) is 9.98 Å². The standard InChI is InChI=1S/C26H22F2N4O2/c1-15-13-31(14-29-15)23-5-4-17(11-24(23)34-3)22-10-18-6-7-32(26(33)25(18)30-22)16(2)19-8-20(27)12-21(28)9-19/h4-9,11-14,16H,10H2,1-3H3. The van der Waals surface area contributed by atoms with Crippen molar-refractivity contribution in [1.29, 1.82) is 0 Å². The second-order valence-electron chi connectivity index (χ2n) is 8.32. The fraction of sp³-hybridized carbons (Fsp3) is 0.192. The zero-order valence-corrected chi connectivity index (χ0v) is 18.9. The van der Waals surface area contributed by atoms with Crippen molar-refractivity contribution in [3.8, 4) is 11.4 Å². The first-order valence-corrected chi connectivity index (χ1v) is 10.8. The maximum Gasteiger partial charge on any atom is 0.277 e. The van der Waals surface area contributed by atoms with E-state index in [0.29, 0.717) is 23.4 Å². The molecule has 172 valence electrons. The maximum atomic E-state index is 13.7. The molecule has 0 aliphatic carbocycles. The van der Waals surface area contributed by atoms with E-state index in [0.717, 1.165) is 34.3 Å². The number of methoxy groups -OCH3 is 1. The Morgan fingerprint density at radius 1 is 1.09 bits per heavy atom. The topological polar surface area (TPSA) is 61.4 Å². The molecular formula is C26H22F2N4O2. The Labute approximate surface area is 194 Å². The normalized spacial score (nSPS) is 13.5. The first-order chi connectivity index (χ1) is 16.3. The van der Waals surface area contributed by atoms with Gasteiger partial charge >= 0.3 is 0 Å². The highest BCUT2D eigenvalue weighted by atomic mass is 19.1. The van der Waals surface area contributed by atoms with Crippen molar-refractivity contribution in [3.05, 3.63) is 106 Å². The molecule has 0 saturated carbocycles. The predicted octanol–water partition coefficient (Wildman–Crippen LogP) is 4.92. The molecule has 6 nitrogen and oxygen atoms in total. The summed E-state index contributed by atoms with van der Waals surface area (Å²) in [5.74, 6) is -0.702. The van der Waals surface area contributed by atoms with E-state index < -0.39 is 17.7 Å². The number of nitrogens with zero attached hydrogens (tertiary/aromatic N) is 4. The summed E-state index contributed by atoms with van der Waals surface area (Å²) >= 11 is 0. The van der Waals surface area contributed by atoms with Gasteiger partial charge in [0.1, 0.15) is 23.1 Å². The molecule has 2 aromatic carbocycles. The SMILES string of the molecule is COc1cc(C2=Nc3c(ccn(C(C)c4cc(F)cc(F)c4)c3=O)C2)ccc1-n1cnc(C)c1. The molecule has 2 aromatic heterocycles. The van der Waals surface area contributed by atoms with Crippen LogP contribution in [0.3, 0.4) is 0 Å². The van der Waals surface area contributed by atoms with Gasteiger partial charge in [0.15, 0.2) is 0 Å². The lowest BCUT2D eigenvalue weighted by Gasteiger charge is -2.16. The van der Waals surface area contributed by atoms with E-state index in [1.807, 2.05) is 42.0 Å². The predicted molar refractivity (Wildman–Crippen MR) is 126 cm³/mol. The first kappa shape index (κ1) is 21.8. The Hall–Kier alpha value is -4.07. The van der Waals surface area contributed by atoms with E-state index in [1.165, 1.54) is 16.7 Å². The molecule has 4 aromatic rings. The third-order valence-electron chi connectivity index (χ3n) is 6.07. The van der Waals surface area contributed by atoms with Crippen LogP contribution in [0.15, 0.2) is 71.0 Å². The zero-order valence-electron chi connectivity index (χ0n) is 18.9. The fourth-order valence-corrected chi connectivity index (χ4v) is 4.27. The van der Waals surface area contributed by atoms with Crippen LogP contribution in [0.1, 0.15) is 35.3 Å².